The lowest BCUT2D eigenvalue weighted by Gasteiger charge is -2.19. The van der Waals surface area contributed by atoms with Crippen molar-refractivity contribution >= 4 is 41.9 Å². The molecular weight excluding hydrogens is 397 g/mol. The molecule has 0 saturated carbocycles. The summed E-state index contributed by atoms with van der Waals surface area (Å²) in [6, 6.07) is 0.00133. The molecule has 1 saturated heterocycles. The Morgan fingerprint density at radius 3 is 2.50 bits per heavy atom. The molecule has 1 heterocycles. The van der Waals surface area contributed by atoms with E-state index in [0.29, 0.717) is 32.0 Å². The highest BCUT2D eigenvalue weighted by molar-refractivity contribution is 14.0. The molecule has 128 valence electrons. The van der Waals surface area contributed by atoms with Gasteiger partial charge >= 0.3 is 6.03 Å². The number of guanidine groups is 1. The smallest absolute Gasteiger partial charge is 0.325 e. The van der Waals surface area contributed by atoms with Crippen LogP contribution in [0.1, 0.15) is 40.5 Å². The third-order valence-electron chi connectivity index (χ3n) is 3.55. The van der Waals surface area contributed by atoms with E-state index in [2.05, 4.69) is 20.9 Å². The van der Waals surface area contributed by atoms with E-state index in [4.69, 9.17) is 0 Å². The second-order valence-corrected chi connectivity index (χ2v) is 5.72. The molecule has 3 amide bonds. The van der Waals surface area contributed by atoms with Crippen molar-refractivity contribution in [1.82, 2.24) is 20.9 Å². The van der Waals surface area contributed by atoms with Gasteiger partial charge in [-0.25, -0.2) is 4.79 Å². The van der Waals surface area contributed by atoms with Gasteiger partial charge in [-0.05, 0) is 33.6 Å². The zero-order valence-corrected chi connectivity index (χ0v) is 16.4. The van der Waals surface area contributed by atoms with Gasteiger partial charge in [0, 0.05) is 26.2 Å². The third-order valence-corrected chi connectivity index (χ3v) is 3.55. The van der Waals surface area contributed by atoms with Crippen LogP contribution in [0.2, 0.25) is 0 Å². The molecule has 3 N–H and O–H groups in total. The maximum atomic E-state index is 12.2. The van der Waals surface area contributed by atoms with Crippen LogP contribution < -0.4 is 16.0 Å². The Labute approximate surface area is 149 Å². The van der Waals surface area contributed by atoms with Crippen molar-refractivity contribution in [3.8, 4) is 0 Å². The van der Waals surface area contributed by atoms with E-state index in [1.54, 1.807) is 14.0 Å². The topological polar surface area (TPSA) is 85.8 Å². The lowest BCUT2D eigenvalue weighted by molar-refractivity contribution is -0.130. The average molecular weight is 425 g/mol. The summed E-state index contributed by atoms with van der Waals surface area (Å²) in [4.78, 5) is 29.4. The number of imide groups is 1. The molecule has 0 radical (unpaired) electrons. The minimum absolute atomic E-state index is 0. The van der Waals surface area contributed by atoms with Crippen LogP contribution >= 0.6 is 24.0 Å². The number of carbonyl (C=O) groups excluding carboxylic acids is 2. The van der Waals surface area contributed by atoms with Gasteiger partial charge < -0.3 is 16.0 Å². The predicted octanol–water partition coefficient (Wildman–Crippen LogP) is 1.29. The van der Waals surface area contributed by atoms with Gasteiger partial charge in [-0.3, -0.25) is 14.7 Å². The van der Waals surface area contributed by atoms with Crippen molar-refractivity contribution < 1.29 is 9.59 Å². The van der Waals surface area contributed by atoms with Crippen LogP contribution in [0.15, 0.2) is 4.99 Å². The minimum Gasteiger partial charge on any atom is -0.356 e. The highest BCUT2D eigenvalue weighted by Gasteiger charge is 2.45. The molecule has 8 heteroatoms. The van der Waals surface area contributed by atoms with Crippen molar-refractivity contribution in [2.24, 2.45) is 4.99 Å². The van der Waals surface area contributed by atoms with Crippen molar-refractivity contribution in [2.45, 2.75) is 52.1 Å². The summed E-state index contributed by atoms with van der Waals surface area (Å²) < 4.78 is 0. The summed E-state index contributed by atoms with van der Waals surface area (Å²) in [6.07, 6.45) is 1.27. The number of nitrogens with one attached hydrogen (secondary N) is 3. The number of aliphatic imine (C=N–C) groups is 1. The maximum absolute atomic E-state index is 12.2. The fourth-order valence-electron chi connectivity index (χ4n) is 2.10. The molecule has 1 unspecified atom stereocenters. The molecule has 0 aromatic carbocycles. The quantitative estimate of drug-likeness (QED) is 0.197. The first-order valence-corrected chi connectivity index (χ1v) is 7.45. The number of nitrogens with zero attached hydrogens (tertiary/aromatic N) is 2. The Hall–Kier alpha value is -1.06. The zero-order valence-electron chi connectivity index (χ0n) is 14.0. The normalized spacial score (nSPS) is 21.7. The van der Waals surface area contributed by atoms with E-state index in [-0.39, 0.29) is 35.9 Å². The molecular formula is C14H28IN5O2. The standard InChI is InChI=1S/C14H27N5O2.HI/c1-6-14(4)11(20)19(13(21)18-14)9-7-8-16-12(15-5)17-10(2)3;/h10H,6-9H2,1-5H3,(H,18,21)(H2,15,16,17);1H. The van der Waals surface area contributed by atoms with Crippen LogP contribution in [0.5, 0.6) is 0 Å². The summed E-state index contributed by atoms with van der Waals surface area (Å²) in [5.74, 6) is 0.584. The monoisotopic (exact) mass is 425 g/mol. The Morgan fingerprint density at radius 2 is 2.05 bits per heavy atom. The number of hydrogen-bond donors (Lipinski definition) is 3. The minimum atomic E-state index is -0.750. The van der Waals surface area contributed by atoms with Crippen LogP contribution in [0.4, 0.5) is 4.79 Å². The Kier molecular flexibility index (Phi) is 8.72. The van der Waals surface area contributed by atoms with E-state index < -0.39 is 5.54 Å². The van der Waals surface area contributed by atoms with Gasteiger partial charge in [0.1, 0.15) is 5.54 Å². The molecule has 1 atom stereocenters. The van der Waals surface area contributed by atoms with E-state index in [9.17, 15) is 9.59 Å². The lowest BCUT2D eigenvalue weighted by atomic mass is 9.99. The van der Waals surface area contributed by atoms with Gasteiger partial charge in [0.05, 0.1) is 0 Å². The molecule has 0 aromatic heterocycles. The third kappa shape index (κ3) is 5.29. The highest BCUT2D eigenvalue weighted by atomic mass is 127. The molecule has 7 nitrogen and oxygen atoms in total. The van der Waals surface area contributed by atoms with Crippen LogP contribution in [-0.2, 0) is 4.79 Å². The largest absolute Gasteiger partial charge is 0.356 e. The van der Waals surface area contributed by atoms with E-state index in [1.165, 1.54) is 4.90 Å². The summed E-state index contributed by atoms with van der Waals surface area (Å²) >= 11 is 0. The Bertz CT molecular complexity index is 427. The number of amides is 3. The van der Waals surface area contributed by atoms with Gasteiger partial charge in [-0.2, -0.15) is 0 Å². The number of halogens is 1. The van der Waals surface area contributed by atoms with E-state index in [1.807, 2.05) is 20.8 Å². The molecule has 1 aliphatic rings. The number of hydrogen-bond acceptors (Lipinski definition) is 3. The van der Waals surface area contributed by atoms with E-state index >= 15 is 0 Å². The first-order valence-electron chi connectivity index (χ1n) is 7.45. The Balaban J connectivity index is 0.00000441. The lowest BCUT2D eigenvalue weighted by Crippen LogP contribution is -2.43. The van der Waals surface area contributed by atoms with Crippen LogP contribution in [0.25, 0.3) is 0 Å². The first kappa shape index (κ1) is 20.9. The summed E-state index contributed by atoms with van der Waals surface area (Å²) in [7, 11) is 1.71. The molecule has 0 aliphatic carbocycles. The second-order valence-electron chi connectivity index (χ2n) is 5.72. The van der Waals surface area contributed by atoms with Gasteiger partial charge in [0.15, 0.2) is 5.96 Å². The fraction of sp³-hybridized carbons (Fsp3) is 0.786. The molecule has 1 fully saturated rings. The van der Waals surface area contributed by atoms with Gasteiger partial charge in [-0.1, -0.05) is 6.92 Å². The predicted molar refractivity (Wildman–Crippen MR) is 98.6 cm³/mol. The van der Waals surface area contributed by atoms with Gasteiger partial charge in [0.2, 0.25) is 0 Å². The average Bonchev–Trinajstić information content (AvgIpc) is 2.65. The fourth-order valence-corrected chi connectivity index (χ4v) is 2.10. The number of rotatable bonds is 6. The molecule has 1 rings (SSSR count). The van der Waals surface area contributed by atoms with Crippen molar-refractivity contribution in [2.75, 3.05) is 20.1 Å². The summed E-state index contributed by atoms with van der Waals surface area (Å²) in [5.41, 5.74) is -0.750. The van der Waals surface area contributed by atoms with Crippen molar-refractivity contribution in [1.29, 1.82) is 0 Å². The van der Waals surface area contributed by atoms with Gasteiger partial charge in [-0.15, -0.1) is 24.0 Å². The number of carbonyl (C=O) groups is 2. The van der Waals surface area contributed by atoms with Crippen molar-refractivity contribution in [3.05, 3.63) is 0 Å². The van der Waals surface area contributed by atoms with Crippen molar-refractivity contribution in [3.63, 3.8) is 0 Å². The van der Waals surface area contributed by atoms with E-state index in [0.717, 1.165) is 5.96 Å². The van der Waals surface area contributed by atoms with Gasteiger partial charge in [0.25, 0.3) is 5.91 Å². The Morgan fingerprint density at radius 1 is 1.41 bits per heavy atom. The summed E-state index contributed by atoms with van der Waals surface area (Å²) in [5, 5.41) is 9.08. The SMILES string of the molecule is CCC1(C)NC(=O)N(CCCNC(=NC)NC(C)C)C1=O.I. The van der Waals surface area contributed by atoms with Crippen LogP contribution in [0.3, 0.4) is 0 Å². The molecule has 22 heavy (non-hydrogen) atoms. The van der Waals surface area contributed by atoms with Crippen LogP contribution in [0, 0.1) is 0 Å². The zero-order chi connectivity index (χ0) is 16.0. The molecule has 0 bridgehead atoms. The molecule has 1 aliphatic heterocycles. The molecule has 0 aromatic rings. The van der Waals surface area contributed by atoms with Crippen LogP contribution in [-0.4, -0.2) is 54.5 Å². The number of urea groups is 1. The summed E-state index contributed by atoms with van der Waals surface area (Å²) in [6.45, 7) is 8.78. The highest BCUT2D eigenvalue weighted by Crippen LogP contribution is 2.20. The molecule has 0 spiro atoms. The first-order chi connectivity index (χ1) is 9.84. The maximum Gasteiger partial charge on any atom is 0.325 e. The second kappa shape index (κ2) is 9.16.